The average molecular weight is 146 g/mol. The topological polar surface area (TPSA) is 9.23 Å². The Morgan fingerprint density at radius 3 is 2.89 bits per heavy atom. The van der Waals surface area contributed by atoms with E-state index in [1.807, 2.05) is 11.8 Å². The van der Waals surface area contributed by atoms with E-state index < -0.39 is 0 Å². The first-order chi connectivity index (χ1) is 4.33. The largest absolute Gasteiger partial charge is 0.368 e. The molecule has 1 nitrogen and oxygen atoms in total. The van der Waals surface area contributed by atoms with Crippen LogP contribution >= 0.6 is 11.8 Å². The standard InChI is InChI=1S/C7H14OS/c1-3-7-8-5-4-6(2)9-7/h6-7H,3-5H2,1-2H3/t6-,7+/m0/s1. The van der Waals surface area contributed by atoms with Crippen molar-refractivity contribution in [3.8, 4) is 0 Å². The lowest BCUT2D eigenvalue weighted by molar-refractivity contribution is 0.0983. The van der Waals surface area contributed by atoms with Gasteiger partial charge >= 0.3 is 0 Å². The van der Waals surface area contributed by atoms with Gasteiger partial charge in [-0.2, -0.15) is 0 Å². The zero-order valence-electron chi connectivity index (χ0n) is 6.09. The second-order valence-corrected chi connectivity index (χ2v) is 4.05. The lowest BCUT2D eigenvalue weighted by Crippen LogP contribution is -2.20. The number of hydrogen-bond donors (Lipinski definition) is 0. The van der Waals surface area contributed by atoms with Crippen LogP contribution in [-0.2, 0) is 4.74 Å². The Balaban J connectivity index is 2.23. The third-order valence-electron chi connectivity index (χ3n) is 1.55. The van der Waals surface area contributed by atoms with Gasteiger partial charge in [0.2, 0.25) is 0 Å². The lowest BCUT2D eigenvalue weighted by Gasteiger charge is -2.25. The maximum atomic E-state index is 5.46. The Morgan fingerprint density at radius 2 is 2.44 bits per heavy atom. The van der Waals surface area contributed by atoms with Crippen molar-refractivity contribution >= 4 is 11.8 Å². The van der Waals surface area contributed by atoms with Crippen LogP contribution in [0.3, 0.4) is 0 Å². The molecule has 1 fully saturated rings. The minimum Gasteiger partial charge on any atom is -0.368 e. The van der Waals surface area contributed by atoms with Gasteiger partial charge in [0, 0.05) is 11.9 Å². The van der Waals surface area contributed by atoms with Crippen molar-refractivity contribution in [2.75, 3.05) is 6.61 Å². The minimum atomic E-state index is 0.480. The summed E-state index contributed by atoms with van der Waals surface area (Å²) in [4.78, 5) is 0. The van der Waals surface area contributed by atoms with Gasteiger partial charge in [-0.1, -0.05) is 13.8 Å². The smallest absolute Gasteiger partial charge is 0.103 e. The summed E-state index contributed by atoms with van der Waals surface area (Å²) in [7, 11) is 0. The quantitative estimate of drug-likeness (QED) is 0.561. The average Bonchev–Trinajstić information content (AvgIpc) is 1.88. The molecule has 0 aromatic rings. The Morgan fingerprint density at radius 1 is 1.67 bits per heavy atom. The van der Waals surface area contributed by atoms with E-state index in [-0.39, 0.29) is 0 Å². The van der Waals surface area contributed by atoms with E-state index in [4.69, 9.17) is 4.74 Å². The molecule has 0 amide bonds. The van der Waals surface area contributed by atoms with Crippen LogP contribution in [0.4, 0.5) is 0 Å². The normalized spacial score (nSPS) is 36.7. The molecule has 0 unspecified atom stereocenters. The van der Waals surface area contributed by atoms with Gasteiger partial charge in [-0.05, 0) is 12.8 Å². The second-order valence-electron chi connectivity index (χ2n) is 2.44. The Bertz CT molecular complexity index is 85.0. The molecule has 0 radical (unpaired) electrons. The Hall–Kier alpha value is 0.310. The first-order valence-corrected chi connectivity index (χ1v) is 4.54. The van der Waals surface area contributed by atoms with E-state index in [0.717, 1.165) is 18.3 Å². The highest BCUT2D eigenvalue weighted by Crippen LogP contribution is 2.28. The second kappa shape index (κ2) is 3.47. The molecule has 0 aliphatic carbocycles. The third-order valence-corrected chi connectivity index (χ3v) is 3.02. The molecule has 1 aliphatic heterocycles. The van der Waals surface area contributed by atoms with E-state index in [1.165, 1.54) is 6.42 Å². The zero-order chi connectivity index (χ0) is 6.69. The summed E-state index contributed by atoms with van der Waals surface area (Å²) in [5, 5.41) is 0.809. The van der Waals surface area contributed by atoms with Crippen LogP contribution in [-0.4, -0.2) is 17.3 Å². The van der Waals surface area contributed by atoms with Crippen molar-refractivity contribution < 1.29 is 4.74 Å². The monoisotopic (exact) mass is 146 g/mol. The van der Waals surface area contributed by atoms with Crippen molar-refractivity contribution in [1.29, 1.82) is 0 Å². The van der Waals surface area contributed by atoms with Crippen molar-refractivity contribution in [2.45, 2.75) is 37.4 Å². The highest BCUT2D eigenvalue weighted by Gasteiger charge is 2.17. The molecule has 2 atom stereocenters. The molecular formula is C7H14OS. The molecule has 0 bridgehead atoms. The van der Waals surface area contributed by atoms with Gasteiger partial charge in [-0.3, -0.25) is 0 Å². The molecule has 1 heterocycles. The molecule has 0 aromatic heterocycles. The molecule has 0 saturated carbocycles. The summed E-state index contributed by atoms with van der Waals surface area (Å²) in [6.07, 6.45) is 2.37. The van der Waals surface area contributed by atoms with Gasteiger partial charge in [0.25, 0.3) is 0 Å². The van der Waals surface area contributed by atoms with E-state index in [2.05, 4.69) is 13.8 Å². The predicted octanol–water partition coefficient (Wildman–Crippen LogP) is 2.26. The fourth-order valence-corrected chi connectivity index (χ4v) is 2.06. The first-order valence-electron chi connectivity index (χ1n) is 3.60. The van der Waals surface area contributed by atoms with E-state index in [9.17, 15) is 0 Å². The summed E-state index contributed by atoms with van der Waals surface area (Å²) in [5.74, 6) is 0. The summed E-state index contributed by atoms with van der Waals surface area (Å²) in [6, 6.07) is 0. The first kappa shape index (κ1) is 7.42. The van der Waals surface area contributed by atoms with Gasteiger partial charge in [-0.25, -0.2) is 0 Å². The van der Waals surface area contributed by atoms with E-state index in [0.29, 0.717) is 5.44 Å². The van der Waals surface area contributed by atoms with E-state index >= 15 is 0 Å². The van der Waals surface area contributed by atoms with Crippen LogP contribution < -0.4 is 0 Å². The molecule has 0 spiro atoms. The Kier molecular flexibility index (Phi) is 2.86. The molecule has 0 aromatic carbocycles. The zero-order valence-corrected chi connectivity index (χ0v) is 6.91. The third kappa shape index (κ3) is 2.18. The van der Waals surface area contributed by atoms with Gasteiger partial charge in [-0.15, -0.1) is 11.8 Å². The predicted molar refractivity (Wildman–Crippen MR) is 41.7 cm³/mol. The highest BCUT2D eigenvalue weighted by molar-refractivity contribution is 8.00. The Labute approximate surface area is 61.2 Å². The van der Waals surface area contributed by atoms with Crippen LogP contribution in [0.1, 0.15) is 26.7 Å². The maximum absolute atomic E-state index is 5.46. The van der Waals surface area contributed by atoms with Gasteiger partial charge in [0.15, 0.2) is 0 Å². The SMILES string of the molecule is CC[C@@H]1OCC[C@H](C)S1. The van der Waals surface area contributed by atoms with Gasteiger partial charge in [0.05, 0.1) is 0 Å². The summed E-state index contributed by atoms with van der Waals surface area (Å²) in [6.45, 7) is 5.41. The maximum Gasteiger partial charge on any atom is 0.103 e. The molecule has 2 heteroatoms. The molecule has 1 saturated heterocycles. The summed E-state index contributed by atoms with van der Waals surface area (Å²) >= 11 is 1.96. The molecular weight excluding hydrogens is 132 g/mol. The fourth-order valence-electron chi connectivity index (χ4n) is 0.946. The fraction of sp³-hybridized carbons (Fsp3) is 1.00. The molecule has 1 rings (SSSR count). The van der Waals surface area contributed by atoms with Crippen LogP contribution in [0.5, 0.6) is 0 Å². The van der Waals surface area contributed by atoms with Crippen molar-refractivity contribution in [3.63, 3.8) is 0 Å². The van der Waals surface area contributed by atoms with Crippen LogP contribution in [0.2, 0.25) is 0 Å². The van der Waals surface area contributed by atoms with Gasteiger partial charge < -0.3 is 4.74 Å². The van der Waals surface area contributed by atoms with Crippen molar-refractivity contribution in [2.24, 2.45) is 0 Å². The number of ether oxygens (including phenoxy) is 1. The highest BCUT2D eigenvalue weighted by atomic mass is 32.2. The summed E-state index contributed by atoms with van der Waals surface area (Å²) < 4.78 is 5.46. The summed E-state index contributed by atoms with van der Waals surface area (Å²) in [5.41, 5.74) is 0.480. The van der Waals surface area contributed by atoms with Crippen LogP contribution in [0, 0.1) is 0 Å². The van der Waals surface area contributed by atoms with Gasteiger partial charge in [0.1, 0.15) is 5.44 Å². The minimum absolute atomic E-state index is 0.480. The number of thioether (sulfide) groups is 1. The number of hydrogen-bond acceptors (Lipinski definition) is 2. The molecule has 1 aliphatic rings. The van der Waals surface area contributed by atoms with Crippen molar-refractivity contribution in [1.82, 2.24) is 0 Å². The molecule has 9 heavy (non-hydrogen) atoms. The molecule has 0 N–H and O–H groups in total. The number of rotatable bonds is 1. The lowest BCUT2D eigenvalue weighted by atomic mass is 10.3. The van der Waals surface area contributed by atoms with E-state index in [1.54, 1.807) is 0 Å². The van der Waals surface area contributed by atoms with Crippen LogP contribution in [0.15, 0.2) is 0 Å². The molecule has 54 valence electrons. The van der Waals surface area contributed by atoms with Crippen LogP contribution in [0.25, 0.3) is 0 Å². The van der Waals surface area contributed by atoms with Crippen molar-refractivity contribution in [3.05, 3.63) is 0 Å².